The van der Waals surface area contributed by atoms with Crippen LogP contribution in [0.3, 0.4) is 0 Å². The quantitative estimate of drug-likeness (QED) is 0.645. The molecule has 6 rings (SSSR count). The Bertz CT molecular complexity index is 1120. The van der Waals surface area contributed by atoms with Crippen LogP contribution in [0.2, 0.25) is 0 Å². The van der Waals surface area contributed by atoms with Gasteiger partial charge >= 0.3 is 0 Å². The highest BCUT2D eigenvalue weighted by atomic mass is 19.1. The van der Waals surface area contributed by atoms with Crippen molar-refractivity contribution < 1.29 is 9.18 Å². The number of carbonyl (C=O) groups is 1. The number of anilines is 1. The summed E-state index contributed by atoms with van der Waals surface area (Å²) in [7, 11) is 0. The third-order valence-corrected chi connectivity index (χ3v) is 8.37. The molecule has 0 spiro atoms. The molecule has 4 aliphatic rings. The van der Waals surface area contributed by atoms with Crippen LogP contribution >= 0.6 is 0 Å². The number of carbonyl (C=O) groups excluding carboxylic acids is 1. The first-order chi connectivity index (χ1) is 17.1. The van der Waals surface area contributed by atoms with Gasteiger partial charge in [-0.15, -0.1) is 0 Å². The van der Waals surface area contributed by atoms with Gasteiger partial charge in [0, 0.05) is 68.4 Å². The molecule has 5 nitrogen and oxygen atoms in total. The normalized spacial score (nSPS) is 24.9. The van der Waals surface area contributed by atoms with Gasteiger partial charge in [-0.1, -0.05) is 31.2 Å². The number of piperidine rings is 1. The summed E-state index contributed by atoms with van der Waals surface area (Å²) in [6.45, 7) is 7.88. The first kappa shape index (κ1) is 22.7. The molecule has 0 N–H and O–H groups in total. The summed E-state index contributed by atoms with van der Waals surface area (Å²) in [5, 5.41) is 0. The molecule has 3 fully saturated rings. The zero-order valence-corrected chi connectivity index (χ0v) is 20.6. The molecule has 2 aliphatic heterocycles. The second kappa shape index (κ2) is 9.38. The maximum atomic E-state index is 14.8. The van der Waals surface area contributed by atoms with Crippen LogP contribution in [-0.4, -0.2) is 72.7 Å². The number of likely N-dealkylation sites (tertiary alicyclic amines) is 1. The highest BCUT2D eigenvalue weighted by molar-refractivity contribution is 5.92. The number of amides is 1. The predicted octanol–water partition coefficient (Wildman–Crippen LogP) is 4.38. The number of fused-ring (bicyclic) bond motifs is 1. The molecular formula is C29H35FN4O. The van der Waals surface area contributed by atoms with Gasteiger partial charge in [0.1, 0.15) is 6.17 Å². The minimum Gasteiger partial charge on any atom is -0.367 e. The Morgan fingerprint density at radius 2 is 1.80 bits per heavy atom. The topological polar surface area (TPSA) is 39.7 Å². The van der Waals surface area contributed by atoms with Crippen LogP contribution in [-0.2, 0) is 11.2 Å². The van der Waals surface area contributed by atoms with E-state index in [1.807, 2.05) is 11.1 Å². The van der Waals surface area contributed by atoms with Crippen molar-refractivity contribution >= 4 is 23.2 Å². The first-order valence-corrected chi connectivity index (χ1v) is 13.3. The molecule has 3 heterocycles. The van der Waals surface area contributed by atoms with Gasteiger partial charge in [-0.05, 0) is 61.2 Å². The molecule has 1 aromatic heterocycles. The van der Waals surface area contributed by atoms with E-state index in [0.717, 1.165) is 76.2 Å². The molecule has 6 heteroatoms. The number of hydrogen-bond acceptors (Lipinski definition) is 4. The number of aromatic nitrogens is 1. The third-order valence-electron chi connectivity index (χ3n) is 8.37. The zero-order chi connectivity index (χ0) is 23.9. The molecule has 1 saturated carbocycles. The number of alkyl halides is 1. The van der Waals surface area contributed by atoms with Crippen LogP contribution in [0.5, 0.6) is 0 Å². The van der Waals surface area contributed by atoms with Crippen molar-refractivity contribution in [1.29, 1.82) is 0 Å². The molecule has 2 aromatic rings. The number of allylic oxidation sites excluding steroid dienone is 1. The first-order valence-electron chi connectivity index (χ1n) is 13.3. The molecule has 2 atom stereocenters. The molecule has 35 heavy (non-hydrogen) atoms. The van der Waals surface area contributed by atoms with Crippen LogP contribution in [0.15, 0.2) is 36.5 Å². The van der Waals surface area contributed by atoms with Crippen molar-refractivity contribution in [2.24, 2.45) is 5.92 Å². The van der Waals surface area contributed by atoms with Crippen LogP contribution in [0.1, 0.15) is 54.5 Å². The lowest BCUT2D eigenvalue weighted by atomic mass is 9.87. The van der Waals surface area contributed by atoms with E-state index in [2.05, 4.69) is 58.1 Å². The lowest BCUT2D eigenvalue weighted by Gasteiger charge is -2.37. The van der Waals surface area contributed by atoms with Gasteiger partial charge in [0.05, 0.1) is 5.69 Å². The Morgan fingerprint density at radius 1 is 1.03 bits per heavy atom. The van der Waals surface area contributed by atoms with Crippen molar-refractivity contribution in [3.63, 3.8) is 0 Å². The van der Waals surface area contributed by atoms with Gasteiger partial charge < -0.3 is 14.7 Å². The standard InChI is InChI=1S/C29H35FN4O/c1-2-32-12-10-24(26(30)19-32)21-5-3-20(4-6-21)23-17-25-27(18-23)31-11-9-28(25)33-13-15-34(16-14-33)29(35)22-7-8-22/h3-6,9,11,17,22,24,26H,2,7-8,10,12-16,18-19H2,1H3. The number of nitrogens with zero attached hydrogens (tertiary/aromatic N) is 4. The van der Waals surface area contributed by atoms with E-state index in [4.69, 9.17) is 0 Å². The van der Waals surface area contributed by atoms with E-state index in [1.165, 1.54) is 22.4 Å². The number of halogens is 1. The molecule has 2 unspecified atom stereocenters. The minimum atomic E-state index is -0.795. The minimum absolute atomic E-state index is 0.000312. The molecular weight excluding hydrogens is 439 g/mol. The highest BCUT2D eigenvalue weighted by Gasteiger charge is 2.35. The summed E-state index contributed by atoms with van der Waals surface area (Å²) in [6.07, 6.45) is 7.25. The summed E-state index contributed by atoms with van der Waals surface area (Å²) in [5.41, 5.74) is 7.14. The van der Waals surface area contributed by atoms with E-state index < -0.39 is 6.17 Å². The largest absolute Gasteiger partial charge is 0.367 e. The molecule has 0 radical (unpaired) electrons. The lowest BCUT2D eigenvalue weighted by Crippen LogP contribution is -2.49. The second-order valence-corrected chi connectivity index (χ2v) is 10.5. The van der Waals surface area contributed by atoms with E-state index in [1.54, 1.807) is 0 Å². The number of benzene rings is 1. The van der Waals surface area contributed by atoms with Crippen LogP contribution in [0, 0.1) is 5.92 Å². The Morgan fingerprint density at radius 3 is 2.49 bits per heavy atom. The van der Waals surface area contributed by atoms with Crippen molar-refractivity contribution in [2.45, 2.75) is 44.7 Å². The maximum absolute atomic E-state index is 14.8. The Balaban J connectivity index is 1.15. The summed E-state index contributed by atoms with van der Waals surface area (Å²) >= 11 is 0. The Kier molecular flexibility index (Phi) is 6.09. The molecule has 2 saturated heterocycles. The van der Waals surface area contributed by atoms with Gasteiger partial charge in [0.15, 0.2) is 0 Å². The van der Waals surface area contributed by atoms with Gasteiger partial charge in [-0.3, -0.25) is 9.78 Å². The Hall–Kier alpha value is -2.73. The third kappa shape index (κ3) is 4.49. The number of rotatable bonds is 5. The van der Waals surface area contributed by atoms with E-state index in [-0.39, 0.29) is 5.92 Å². The lowest BCUT2D eigenvalue weighted by molar-refractivity contribution is -0.132. The fraction of sp³-hybridized carbons (Fsp3) is 0.517. The van der Waals surface area contributed by atoms with Gasteiger partial charge in [-0.25, -0.2) is 4.39 Å². The van der Waals surface area contributed by atoms with E-state index in [0.29, 0.717) is 18.4 Å². The van der Waals surface area contributed by atoms with E-state index in [9.17, 15) is 9.18 Å². The molecule has 184 valence electrons. The number of hydrogen-bond donors (Lipinski definition) is 0. The van der Waals surface area contributed by atoms with Gasteiger partial charge in [0.25, 0.3) is 0 Å². The average Bonchev–Trinajstić information content (AvgIpc) is 3.66. The zero-order valence-electron chi connectivity index (χ0n) is 20.6. The van der Waals surface area contributed by atoms with Crippen LogP contribution in [0.4, 0.5) is 10.1 Å². The highest BCUT2D eigenvalue weighted by Crippen LogP contribution is 2.38. The number of piperazine rings is 1. The predicted molar refractivity (Wildman–Crippen MR) is 138 cm³/mol. The molecule has 1 aromatic carbocycles. The smallest absolute Gasteiger partial charge is 0.225 e. The summed E-state index contributed by atoms with van der Waals surface area (Å²) < 4.78 is 14.8. The molecule has 1 amide bonds. The van der Waals surface area contributed by atoms with Crippen LogP contribution in [0.25, 0.3) is 11.6 Å². The second-order valence-electron chi connectivity index (χ2n) is 10.5. The fourth-order valence-electron chi connectivity index (χ4n) is 6.00. The van der Waals surface area contributed by atoms with Crippen molar-refractivity contribution in [1.82, 2.24) is 14.8 Å². The van der Waals surface area contributed by atoms with Gasteiger partial charge in [0.2, 0.25) is 5.91 Å². The monoisotopic (exact) mass is 474 g/mol. The van der Waals surface area contributed by atoms with Crippen molar-refractivity contribution in [3.8, 4) is 0 Å². The summed E-state index contributed by atoms with van der Waals surface area (Å²) in [6, 6.07) is 10.7. The Labute approximate surface area is 207 Å². The summed E-state index contributed by atoms with van der Waals surface area (Å²) in [4.78, 5) is 23.8. The van der Waals surface area contributed by atoms with Gasteiger partial charge in [-0.2, -0.15) is 0 Å². The number of pyridine rings is 1. The van der Waals surface area contributed by atoms with Crippen molar-refractivity contribution in [2.75, 3.05) is 50.7 Å². The van der Waals surface area contributed by atoms with Crippen molar-refractivity contribution in [3.05, 3.63) is 58.9 Å². The fourth-order valence-corrected chi connectivity index (χ4v) is 6.00. The summed E-state index contributed by atoms with van der Waals surface area (Å²) in [5.74, 6) is 0.647. The molecule has 0 bridgehead atoms. The maximum Gasteiger partial charge on any atom is 0.225 e. The van der Waals surface area contributed by atoms with Crippen LogP contribution < -0.4 is 4.90 Å². The SMILES string of the molecule is CCN1CCC(c2ccc(C3=Cc4c(N5CCN(C(=O)C6CC6)CC5)ccnc4C3)cc2)C(F)C1. The average molecular weight is 475 g/mol. The molecule has 2 aliphatic carbocycles. The van der Waals surface area contributed by atoms with E-state index >= 15 is 0 Å².